The number of carbonyl (C=O) groups excluding carboxylic acids is 1. The largest absolute Gasteiger partial charge is 0.480 e. The Kier molecular flexibility index (Phi) is 3.77. The van der Waals surface area contributed by atoms with E-state index in [2.05, 4.69) is 0 Å². The lowest BCUT2D eigenvalue weighted by atomic mass is 10.3. The zero-order valence-corrected chi connectivity index (χ0v) is 9.08. The van der Waals surface area contributed by atoms with E-state index in [9.17, 15) is 9.59 Å². The highest BCUT2D eigenvalue weighted by Crippen LogP contribution is 2.20. The van der Waals surface area contributed by atoms with Crippen LogP contribution in [0.4, 0.5) is 0 Å². The molecule has 0 aromatic carbocycles. The van der Waals surface area contributed by atoms with Crippen molar-refractivity contribution in [2.45, 2.75) is 6.04 Å². The molecule has 5 nitrogen and oxygen atoms in total. The first-order valence-corrected chi connectivity index (χ1v) is 5.42. The number of aliphatic carboxylic acids is 1. The molecular weight excluding hydrogens is 204 g/mol. The van der Waals surface area contributed by atoms with Gasteiger partial charge in [0.2, 0.25) is 5.91 Å². The SMILES string of the molecule is CN(C)CC(=O)N1CSCC1C(=O)O. The summed E-state index contributed by atoms with van der Waals surface area (Å²) in [6.07, 6.45) is 0. The van der Waals surface area contributed by atoms with Gasteiger partial charge in [-0.1, -0.05) is 0 Å². The average molecular weight is 218 g/mol. The van der Waals surface area contributed by atoms with Gasteiger partial charge in [-0.25, -0.2) is 4.79 Å². The molecule has 1 rings (SSSR count). The van der Waals surface area contributed by atoms with E-state index in [-0.39, 0.29) is 12.5 Å². The third-order valence-corrected chi connectivity index (χ3v) is 2.95. The number of carboxylic acids is 1. The molecule has 0 saturated carbocycles. The summed E-state index contributed by atoms with van der Waals surface area (Å²) in [5, 5.41) is 8.85. The van der Waals surface area contributed by atoms with Crippen LogP contribution in [0.1, 0.15) is 0 Å². The van der Waals surface area contributed by atoms with Crippen molar-refractivity contribution >= 4 is 23.6 Å². The lowest BCUT2D eigenvalue weighted by molar-refractivity contribution is -0.147. The number of carbonyl (C=O) groups is 2. The maximum atomic E-state index is 11.6. The van der Waals surface area contributed by atoms with Crippen molar-refractivity contribution in [1.82, 2.24) is 9.80 Å². The Hall–Kier alpha value is -0.750. The zero-order chi connectivity index (χ0) is 10.7. The smallest absolute Gasteiger partial charge is 0.327 e. The molecule has 0 aromatic rings. The van der Waals surface area contributed by atoms with E-state index < -0.39 is 12.0 Å². The lowest BCUT2D eigenvalue weighted by Gasteiger charge is -2.22. The third kappa shape index (κ3) is 2.62. The molecule has 0 bridgehead atoms. The molecule has 1 atom stereocenters. The van der Waals surface area contributed by atoms with Gasteiger partial charge in [0, 0.05) is 5.75 Å². The van der Waals surface area contributed by atoms with Crippen molar-refractivity contribution in [3.8, 4) is 0 Å². The van der Waals surface area contributed by atoms with Crippen LogP contribution in [-0.4, -0.2) is 65.1 Å². The molecule has 0 spiro atoms. The standard InChI is InChI=1S/C8H14N2O3S/c1-9(2)3-7(11)10-5-14-4-6(10)8(12)13/h6H,3-5H2,1-2H3,(H,12,13). The normalized spacial score (nSPS) is 21.6. The monoisotopic (exact) mass is 218 g/mol. The molecule has 1 amide bonds. The Balaban J connectivity index is 2.58. The Bertz CT molecular complexity index is 245. The second-order valence-electron chi connectivity index (χ2n) is 3.46. The Morgan fingerprint density at radius 1 is 1.57 bits per heavy atom. The molecule has 1 fully saturated rings. The van der Waals surface area contributed by atoms with E-state index in [1.54, 1.807) is 19.0 Å². The van der Waals surface area contributed by atoms with Crippen LogP contribution < -0.4 is 0 Å². The van der Waals surface area contributed by atoms with Crippen molar-refractivity contribution in [2.24, 2.45) is 0 Å². The molecule has 1 aliphatic rings. The summed E-state index contributed by atoms with van der Waals surface area (Å²) >= 11 is 1.48. The van der Waals surface area contributed by atoms with Crippen LogP contribution >= 0.6 is 11.8 Å². The molecule has 1 N–H and O–H groups in total. The highest BCUT2D eigenvalue weighted by molar-refractivity contribution is 7.99. The van der Waals surface area contributed by atoms with E-state index in [0.29, 0.717) is 11.6 Å². The van der Waals surface area contributed by atoms with Crippen molar-refractivity contribution in [3.63, 3.8) is 0 Å². The molecule has 1 aliphatic heterocycles. The van der Waals surface area contributed by atoms with Gasteiger partial charge in [-0.15, -0.1) is 11.8 Å². The van der Waals surface area contributed by atoms with Crippen LogP contribution in [0.2, 0.25) is 0 Å². The van der Waals surface area contributed by atoms with Gasteiger partial charge in [-0.2, -0.15) is 0 Å². The second-order valence-corrected chi connectivity index (χ2v) is 4.46. The van der Waals surface area contributed by atoms with E-state index in [0.717, 1.165) is 0 Å². The molecule has 6 heteroatoms. The van der Waals surface area contributed by atoms with Gasteiger partial charge in [0.25, 0.3) is 0 Å². The molecule has 1 saturated heterocycles. The summed E-state index contributed by atoms with van der Waals surface area (Å²) in [6, 6.07) is -0.646. The lowest BCUT2D eigenvalue weighted by Crippen LogP contribution is -2.45. The number of amides is 1. The predicted molar refractivity (Wildman–Crippen MR) is 54.1 cm³/mol. The van der Waals surface area contributed by atoms with Crippen molar-refractivity contribution in [3.05, 3.63) is 0 Å². The van der Waals surface area contributed by atoms with Crippen LogP contribution in [0.5, 0.6) is 0 Å². The topological polar surface area (TPSA) is 60.9 Å². The zero-order valence-electron chi connectivity index (χ0n) is 8.27. The van der Waals surface area contributed by atoms with E-state index in [1.165, 1.54) is 16.7 Å². The van der Waals surface area contributed by atoms with Crippen LogP contribution in [0.15, 0.2) is 0 Å². The van der Waals surface area contributed by atoms with Crippen molar-refractivity contribution in [1.29, 1.82) is 0 Å². The summed E-state index contributed by atoms with van der Waals surface area (Å²) in [7, 11) is 3.58. The fourth-order valence-electron chi connectivity index (χ4n) is 1.25. The van der Waals surface area contributed by atoms with Crippen LogP contribution in [0.25, 0.3) is 0 Å². The maximum Gasteiger partial charge on any atom is 0.327 e. The number of thioether (sulfide) groups is 1. The predicted octanol–water partition coefficient (Wildman–Crippen LogP) is -0.466. The Morgan fingerprint density at radius 2 is 2.21 bits per heavy atom. The first-order chi connectivity index (χ1) is 6.52. The Morgan fingerprint density at radius 3 is 2.71 bits per heavy atom. The first kappa shape index (κ1) is 11.3. The summed E-state index contributed by atoms with van der Waals surface area (Å²) < 4.78 is 0. The Labute approximate surface area is 87.0 Å². The number of carboxylic acid groups (broad SMARTS) is 1. The van der Waals surface area contributed by atoms with Gasteiger partial charge in [0.15, 0.2) is 0 Å². The van der Waals surface area contributed by atoms with Gasteiger partial charge in [0.1, 0.15) is 6.04 Å². The number of hydrogen-bond acceptors (Lipinski definition) is 4. The third-order valence-electron chi connectivity index (χ3n) is 1.94. The van der Waals surface area contributed by atoms with E-state index >= 15 is 0 Å². The van der Waals surface area contributed by atoms with Crippen molar-refractivity contribution < 1.29 is 14.7 Å². The summed E-state index contributed by atoms with van der Waals surface area (Å²) in [5.74, 6) is -0.0486. The summed E-state index contributed by atoms with van der Waals surface area (Å²) in [5.41, 5.74) is 0. The molecule has 0 aromatic heterocycles. The highest BCUT2D eigenvalue weighted by Gasteiger charge is 2.34. The van der Waals surface area contributed by atoms with Crippen LogP contribution in [0, 0.1) is 0 Å². The van der Waals surface area contributed by atoms with Gasteiger partial charge in [-0.3, -0.25) is 4.79 Å². The quantitative estimate of drug-likeness (QED) is 0.694. The molecule has 0 aliphatic carbocycles. The van der Waals surface area contributed by atoms with E-state index in [1.807, 2.05) is 0 Å². The highest BCUT2D eigenvalue weighted by atomic mass is 32.2. The molecular formula is C8H14N2O3S. The molecule has 14 heavy (non-hydrogen) atoms. The molecule has 1 unspecified atom stereocenters. The molecule has 1 heterocycles. The number of rotatable bonds is 3. The van der Waals surface area contributed by atoms with Gasteiger partial charge in [0.05, 0.1) is 12.4 Å². The fourth-order valence-corrected chi connectivity index (χ4v) is 2.43. The fraction of sp³-hybridized carbons (Fsp3) is 0.750. The summed E-state index contributed by atoms with van der Waals surface area (Å²) in [6.45, 7) is 0.268. The minimum atomic E-state index is -0.915. The number of likely N-dealkylation sites (N-methyl/N-ethyl adjacent to an activating group) is 1. The van der Waals surface area contributed by atoms with E-state index in [4.69, 9.17) is 5.11 Å². The van der Waals surface area contributed by atoms with Gasteiger partial charge >= 0.3 is 5.97 Å². The number of hydrogen-bond donors (Lipinski definition) is 1. The minimum Gasteiger partial charge on any atom is -0.480 e. The van der Waals surface area contributed by atoms with Crippen LogP contribution in [0.3, 0.4) is 0 Å². The maximum absolute atomic E-state index is 11.6. The van der Waals surface area contributed by atoms with Gasteiger partial charge < -0.3 is 14.9 Å². The first-order valence-electron chi connectivity index (χ1n) is 4.27. The average Bonchev–Trinajstić information content (AvgIpc) is 2.49. The minimum absolute atomic E-state index is 0.118. The summed E-state index contributed by atoms with van der Waals surface area (Å²) in [4.78, 5) is 25.5. The van der Waals surface area contributed by atoms with Crippen LogP contribution in [-0.2, 0) is 9.59 Å². The van der Waals surface area contributed by atoms with Gasteiger partial charge in [-0.05, 0) is 14.1 Å². The molecule has 80 valence electrons. The molecule has 0 radical (unpaired) electrons. The second kappa shape index (κ2) is 4.65. The number of nitrogens with zero attached hydrogens (tertiary/aromatic N) is 2. The van der Waals surface area contributed by atoms with Crippen molar-refractivity contribution in [2.75, 3.05) is 32.3 Å².